The van der Waals surface area contributed by atoms with Gasteiger partial charge in [-0.25, -0.2) is 4.68 Å². The number of aliphatic hydroxyl groups excluding tert-OH is 1. The predicted octanol–water partition coefficient (Wildman–Crippen LogP) is 1.69. The van der Waals surface area contributed by atoms with Gasteiger partial charge in [0, 0.05) is 17.2 Å². The van der Waals surface area contributed by atoms with Crippen LogP contribution in [-0.4, -0.2) is 26.4 Å². The van der Waals surface area contributed by atoms with Gasteiger partial charge in [0.1, 0.15) is 11.5 Å². The van der Waals surface area contributed by atoms with E-state index in [9.17, 15) is 10.1 Å². The molecule has 0 fully saturated rings. The largest absolute Gasteiger partial charge is 0.394 e. The van der Waals surface area contributed by atoms with Crippen LogP contribution in [-0.2, 0) is 6.54 Å². The lowest BCUT2D eigenvalue weighted by atomic mass is 10.1. The van der Waals surface area contributed by atoms with Gasteiger partial charge in [0.05, 0.1) is 23.6 Å². The number of hydrogen-bond donors (Lipinski definition) is 2. The highest BCUT2D eigenvalue weighted by Gasteiger charge is 2.19. The Kier molecular flexibility index (Phi) is 3.68. The van der Waals surface area contributed by atoms with E-state index in [0.29, 0.717) is 17.1 Å². The molecule has 0 aliphatic carbocycles. The van der Waals surface area contributed by atoms with Gasteiger partial charge < -0.3 is 10.8 Å². The second-order valence-electron chi connectivity index (χ2n) is 3.82. The lowest BCUT2D eigenvalue weighted by Crippen LogP contribution is -2.07. The first-order chi connectivity index (χ1) is 9.02. The Balaban J connectivity index is 2.52. The zero-order valence-electron chi connectivity index (χ0n) is 9.78. The molecule has 7 nitrogen and oxygen atoms in total. The lowest BCUT2D eigenvalue weighted by molar-refractivity contribution is -0.384. The molecule has 0 atom stereocenters. The smallest absolute Gasteiger partial charge is 0.280 e. The molecule has 1 aromatic heterocycles. The van der Waals surface area contributed by atoms with E-state index in [0.717, 1.165) is 0 Å². The van der Waals surface area contributed by atoms with Crippen LogP contribution >= 0.6 is 11.6 Å². The number of nitrogens with two attached hydrogens (primary N) is 1. The van der Waals surface area contributed by atoms with E-state index >= 15 is 0 Å². The maximum Gasteiger partial charge on any atom is 0.280 e. The third-order valence-electron chi connectivity index (χ3n) is 2.56. The summed E-state index contributed by atoms with van der Waals surface area (Å²) in [7, 11) is 0. The highest BCUT2D eigenvalue weighted by Crippen LogP contribution is 2.32. The van der Waals surface area contributed by atoms with Crippen molar-refractivity contribution in [3.63, 3.8) is 0 Å². The number of benzene rings is 1. The Morgan fingerprint density at radius 3 is 2.84 bits per heavy atom. The number of aromatic nitrogens is 2. The van der Waals surface area contributed by atoms with Crippen molar-refractivity contribution in [3.05, 3.63) is 39.4 Å². The van der Waals surface area contributed by atoms with Gasteiger partial charge in [0.2, 0.25) is 0 Å². The van der Waals surface area contributed by atoms with Gasteiger partial charge >= 0.3 is 0 Å². The van der Waals surface area contributed by atoms with Gasteiger partial charge in [-0.3, -0.25) is 10.1 Å². The molecule has 2 aromatic rings. The second-order valence-corrected chi connectivity index (χ2v) is 4.26. The van der Waals surface area contributed by atoms with Crippen LogP contribution < -0.4 is 5.73 Å². The Labute approximate surface area is 113 Å². The van der Waals surface area contributed by atoms with E-state index in [1.165, 1.54) is 22.9 Å². The Hall–Kier alpha value is -2.12. The summed E-state index contributed by atoms with van der Waals surface area (Å²) in [5.74, 6) is 0.327. The van der Waals surface area contributed by atoms with Gasteiger partial charge in [0.25, 0.3) is 5.69 Å². The number of aliphatic hydroxyl groups is 1. The molecule has 100 valence electrons. The average Bonchev–Trinajstić information content (AvgIpc) is 2.71. The molecule has 0 amide bonds. The number of nitro groups is 1. The molecule has 0 saturated carbocycles. The zero-order chi connectivity index (χ0) is 14.0. The van der Waals surface area contributed by atoms with Crippen molar-refractivity contribution < 1.29 is 10.0 Å². The SMILES string of the molecule is Nc1cc(-c2ccc(Cl)cc2[N+](=O)[O-])nn1CCO. The van der Waals surface area contributed by atoms with Crippen molar-refractivity contribution in [2.45, 2.75) is 6.54 Å². The molecule has 3 N–H and O–H groups in total. The van der Waals surface area contributed by atoms with Crippen LogP contribution in [0, 0.1) is 10.1 Å². The summed E-state index contributed by atoms with van der Waals surface area (Å²) < 4.78 is 1.38. The summed E-state index contributed by atoms with van der Waals surface area (Å²) in [4.78, 5) is 10.5. The van der Waals surface area contributed by atoms with Gasteiger partial charge in [-0.1, -0.05) is 11.6 Å². The van der Waals surface area contributed by atoms with Crippen LogP contribution in [0.15, 0.2) is 24.3 Å². The maximum atomic E-state index is 11.0. The minimum Gasteiger partial charge on any atom is -0.394 e. The standard InChI is InChI=1S/C11H11ClN4O3/c12-7-1-2-8(10(5-7)16(18)19)9-6-11(13)15(14-9)3-4-17/h1-2,5-6,17H,3-4,13H2. The zero-order valence-corrected chi connectivity index (χ0v) is 10.5. The molecular weight excluding hydrogens is 272 g/mol. The van der Waals surface area contributed by atoms with Crippen molar-refractivity contribution in [2.75, 3.05) is 12.3 Å². The normalized spacial score (nSPS) is 10.6. The van der Waals surface area contributed by atoms with Gasteiger partial charge in [-0.05, 0) is 12.1 Å². The molecule has 0 bridgehead atoms. The number of halogens is 1. The molecule has 8 heteroatoms. The lowest BCUT2D eigenvalue weighted by Gasteiger charge is -2.01. The highest BCUT2D eigenvalue weighted by atomic mass is 35.5. The molecule has 0 saturated heterocycles. The fraction of sp³-hybridized carbons (Fsp3) is 0.182. The number of nitrogen functional groups attached to an aromatic ring is 1. The molecule has 0 unspecified atom stereocenters. The summed E-state index contributed by atoms with van der Waals surface area (Å²) >= 11 is 5.75. The maximum absolute atomic E-state index is 11.0. The summed E-state index contributed by atoms with van der Waals surface area (Å²) in [6.07, 6.45) is 0. The van der Waals surface area contributed by atoms with Crippen molar-refractivity contribution in [1.29, 1.82) is 0 Å². The fourth-order valence-electron chi connectivity index (χ4n) is 1.71. The summed E-state index contributed by atoms with van der Waals surface area (Å²) in [5.41, 5.74) is 6.28. The molecule has 1 aromatic carbocycles. The monoisotopic (exact) mass is 282 g/mol. The van der Waals surface area contributed by atoms with E-state index < -0.39 is 4.92 Å². The van der Waals surface area contributed by atoms with Crippen LogP contribution in [0.25, 0.3) is 11.3 Å². The molecule has 2 rings (SSSR count). The van der Waals surface area contributed by atoms with E-state index in [-0.39, 0.29) is 23.9 Å². The van der Waals surface area contributed by atoms with Crippen LogP contribution in [0.1, 0.15) is 0 Å². The minimum absolute atomic E-state index is 0.117. The topological polar surface area (TPSA) is 107 Å². The summed E-state index contributed by atoms with van der Waals surface area (Å²) in [5, 5.41) is 24.3. The highest BCUT2D eigenvalue weighted by molar-refractivity contribution is 6.30. The van der Waals surface area contributed by atoms with Crippen molar-refractivity contribution in [3.8, 4) is 11.3 Å². The van der Waals surface area contributed by atoms with Crippen LogP contribution in [0.3, 0.4) is 0 Å². The number of rotatable bonds is 4. The first-order valence-corrected chi connectivity index (χ1v) is 5.79. The van der Waals surface area contributed by atoms with Crippen LogP contribution in [0.4, 0.5) is 11.5 Å². The summed E-state index contributed by atoms with van der Waals surface area (Å²) in [6.45, 7) is 0.112. The van der Waals surface area contributed by atoms with Crippen molar-refractivity contribution in [1.82, 2.24) is 9.78 Å². The molecule has 19 heavy (non-hydrogen) atoms. The molecule has 1 heterocycles. The first-order valence-electron chi connectivity index (χ1n) is 5.41. The second kappa shape index (κ2) is 5.25. The minimum atomic E-state index is -0.525. The number of anilines is 1. The predicted molar refractivity (Wildman–Crippen MR) is 70.8 cm³/mol. The number of nitrogens with zero attached hydrogens (tertiary/aromatic N) is 3. The first kappa shape index (κ1) is 13.3. The van der Waals surface area contributed by atoms with Crippen molar-refractivity contribution in [2.24, 2.45) is 0 Å². The average molecular weight is 283 g/mol. The molecule has 0 aliphatic rings. The van der Waals surface area contributed by atoms with Gasteiger partial charge in [0.15, 0.2) is 0 Å². The third-order valence-corrected chi connectivity index (χ3v) is 2.79. The van der Waals surface area contributed by atoms with E-state index in [4.69, 9.17) is 22.4 Å². The van der Waals surface area contributed by atoms with E-state index in [1.54, 1.807) is 6.07 Å². The number of nitro benzene ring substituents is 1. The molecule has 0 spiro atoms. The molecule has 0 radical (unpaired) electrons. The fourth-order valence-corrected chi connectivity index (χ4v) is 1.88. The van der Waals surface area contributed by atoms with Gasteiger partial charge in [-0.15, -0.1) is 0 Å². The van der Waals surface area contributed by atoms with Crippen LogP contribution in [0.5, 0.6) is 0 Å². The van der Waals surface area contributed by atoms with E-state index in [2.05, 4.69) is 5.10 Å². The van der Waals surface area contributed by atoms with Crippen LogP contribution in [0.2, 0.25) is 5.02 Å². The Bertz CT molecular complexity index is 626. The Morgan fingerprint density at radius 1 is 1.47 bits per heavy atom. The molecular formula is C11H11ClN4O3. The summed E-state index contributed by atoms with van der Waals surface area (Å²) in [6, 6.07) is 5.85. The molecule has 0 aliphatic heterocycles. The quantitative estimate of drug-likeness (QED) is 0.655. The Morgan fingerprint density at radius 2 is 2.21 bits per heavy atom. The van der Waals surface area contributed by atoms with E-state index in [1.807, 2.05) is 0 Å². The van der Waals surface area contributed by atoms with Crippen molar-refractivity contribution >= 4 is 23.1 Å². The van der Waals surface area contributed by atoms with Gasteiger partial charge in [-0.2, -0.15) is 5.10 Å². The third kappa shape index (κ3) is 2.67. The number of hydrogen-bond acceptors (Lipinski definition) is 5.